The smallest absolute Gasteiger partial charge is 0.243 e. The fourth-order valence-electron chi connectivity index (χ4n) is 5.25. The molecule has 13 heteroatoms. The normalized spacial score (nSPS) is 19.7. The Morgan fingerprint density at radius 2 is 1.79 bits per heavy atom. The molecule has 1 amide bonds. The van der Waals surface area contributed by atoms with Crippen LogP contribution in [-0.2, 0) is 9.53 Å². The number of piperidine rings is 1. The highest BCUT2D eigenvalue weighted by Gasteiger charge is 2.28. The molecule has 2 aliphatic rings. The molecule has 3 N–H and O–H groups in total. The van der Waals surface area contributed by atoms with Crippen LogP contribution >= 0.6 is 23.2 Å². The average molecular weight is 617 g/mol. The maximum Gasteiger partial charge on any atom is 0.243 e. The molecule has 2 aliphatic heterocycles. The van der Waals surface area contributed by atoms with E-state index in [4.69, 9.17) is 47.4 Å². The molecule has 0 bridgehead atoms. The Kier molecular flexibility index (Phi) is 9.52. The summed E-state index contributed by atoms with van der Waals surface area (Å²) in [6.45, 7) is 6.45. The molecule has 5 rings (SSSR count). The van der Waals surface area contributed by atoms with Crippen LogP contribution in [0.15, 0.2) is 31.0 Å². The van der Waals surface area contributed by atoms with Crippen molar-refractivity contribution in [3.8, 4) is 22.8 Å². The van der Waals surface area contributed by atoms with Crippen LogP contribution < -0.4 is 25.4 Å². The Bertz CT molecular complexity index is 1440. The zero-order chi connectivity index (χ0) is 29.8. The predicted octanol–water partition coefficient (Wildman–Crippen LogP) is 4.39. The lowest BCUT2D eigenvalue weighted by Gasteiger charge is -2.32. The molecule has 0 radical (unpaired) electrons. The van der Waals surface area contributed by atoms with Gasteiger partial charge in [-0.2, -0.15) is 0 Å². The largest absolute Gasteiger partial charge is 0.495 e. The van der Waals surface area contributed by atoms with E-state index in [1.54, 1.807) is 12.3 Å². The number of rotatable bonds is 9. The Labute approximate surface area is 254 Å². The standard InChI is InChI=1S/C29H35Cl2N7O4/c1-5-23(39)34-18-8-11-42-15-20(18)36-29-32-14-16-12-19(24-25(30)21(40-3)13-22(41-4)26(24)31)35-28(27(16)37-29)33-17-6-9-38(2)10-7-17/h5,12-14,17-18,20H,1,6-11,15H2,2-4H3,(H,33,35)(H,34,39)(H,32,36,37)/t18-,20+/m0/s1. The molecular formula is C29H35Cl2N7O4. The number of likely N-dealkylation sites (tertiary alicyclic amines) is 1. The number of anilines is 2. The highest BCUT2D eigenvalue weighted by molar-refractivity contribution is 6.41. The number of nitrogens with zero attached hydrogens (tertiary/aromatic N) is 4. The number of methoxy groups -OCH3 is 2. The third-order valence-corrected chi connectivity index (χ3v) is 8.39. The summed E-state index contributed by atoms with van der Waals surface area (Å²) in [7, 11) is 5.19. The number of hydrogen-bond donors (Lipinski definition) is 3. The van der Waals surface area contributed by atoms with E-state index in [1.807, 2.05) is 6.07 Å². The van der Waals surface area contributed by atoms with Crippen molar-refractivity contribution >= 4 is 51.8 Å². The van der Waals surface area contributed by atoms with Crippen LogP contribution in [0.3, 0.4) is 0 Å². The topological polar surface area (TPSA) is 123 Å². The number of aromatic nitrogens is 3. The highest BCUT2D eigenvalue weighted by atomic mass is 35.5. The van der Waals surface area contributed by atoms with Gasteiger partial charge >= 0.3 is 0 Å². The molecule has 1 aromatic carbocycles. The number of ether oxygens (including phenoxy) is 3. The molecule has 0 unspecified atom stereocenters. The molecule has 0 spiro atoms. The minimum absolute atomic E-state index is 0.159. The second-order valence-electron chi connectivity index (χ2n) is 10.4. The number of pyridine rings is 1. The number of nitrogens with one attached hydrogen (secondary N) is 3. The van der Waals surface area contributed by atoms with Crippen LogP contribution in [0.4, 0.5) is 11.8 Å². The first-order valence-corrected chi connectivity index (χ1v) is 14.6. The number of hydrogen-bond acceptors (Lipinski definition) is 10. The van der Waals surface area contributed by atoms with Gasteiger partial charge in [-0.25, -0.2) is 15.0 Å². The molecule has 2 saturated heterocycles. The van der Waals surface area contributed by atoms with E-state index in [9.17, 15) is 4.79 Å². The molecule has 0 saturated carbocycles. The SMILES string of the molecule is C=CC(=O)N[C@H]1CCOC[C@H]1Nc1ncc2cc(-c3c(Cl)c(OC)cc(OC)c3Cl)nc(NC3CCN(C)CC3)c2n1. The van der Waals surface area contributed by atoms with Crippen LogP contribution in [0.1, 0.15) is 19.3 Å². The molecule has 11 nitrogen and oxygen atoms in total. The number of fused-ring (bicyclic) bond motifs is 1. The second-order valence-corrected chi connectivity index (χ2v) is 11.2. The molecule has 2 atom stereocenters. The van der Waals surface area contributed by atoms with Crippen LogP contribution in [-0.4, -0.2) is 91.5 Å². The van der Waals surface area contributed by atoms with Crippen molar-refractivity contribution in [2.24, 2.45) is 0 Å². The van der Waals surface area contributed by atoms with E-state index < -0.39 is 0 Å². The van der Waals surface area contributed by atoms with Gasteiger partial charge in [-0.1, -0.05) is 29.8 Å². The summed E-state index contributed by atoms with van der Waals surface area (Å²) in [4.78, 5) is 28.8. The zero-order valence-corrected chi connectivity index (χ0v) is 25.4. The van der Waals surface area contributed by atoms with Crippen molar-refractivity contribution in [3.05, 3.63) is 41.0 Å². The molecular weight excluding hydrogens is 581 g/mol. The van der Waals surface area contributed by atoms with Gasteiger partial charge in [0.2, 0.25) is 11.9 Å². The molecule has 3 aromatic rings. The van der Waals surface area contributed by atoms with E-state index in [0.717, 1.165) is 31.3 Å². The molecule has 224 valence electrons. The minimum Gasteiger partial charge on any atom is -0.495 e. The van der Waals surface area contributed by atoms with Gasteiger partial charge in [-0.05, 0) is 51.5 Å². The molecule has 2 aromatic heterocycles. The number of halogens is 2. The Morgan fingerprint density at radius 1 is 1.07 bits per heavy atom. The van der Waals surface area contributed by atoms with Gasteiger partial charge < -0.3 is 35.1 Å². The maximum atomic E-state index is 12.0. The van der Waals surface area contributed by atoms with Crippen LogP contribution in [0.25, 0.3) is 22.2 Å². The molecule has 2 fully saturated rings. The lowest BCUT2D eigenvalue weighted by Crippen LogP contribution is -2.52. The second kappa shape index (κ2) is 13.3. The number of benzene rings is 1. The summed E-state index contributed by atoms with van der Waals surface area (Å²) in [6.07, 6.45) is 5.57. The Morgan fingerprint density at radius 3 is 2.45 bits per heavy atom. The molecule has 4 heterocycles. The monoisotopic (exact) mass is 615 g/mol. The lowest BCUT2D eigenvalue weighted by atomic mass is 10.0. The van der Waals surface area contributed by atoms with Crippen molar-refractivity contribution in [2.75, 3.05) is 58.2 Å². The van der Waals surface area contributed by atoms with Gasteiger partial charge in [-0.3, -0.25) is 4.79 Å². The van der Waals surface area contributed by atoms with Gasteiger partial charge in [0.1, 0.15) is 17.0 Å². The van der Waals surface area contributed by atoms with E-state index in [0.29, 0.717) is 69.7 Å². The first-order chi connectivity index (χ1) is 20.3. The number of carbonyl (C=O) groups excluding carboxylic acids is 1. The van der Waals surface area contributed by atoms with E-state index in [1.165, 1.54) is 20.3 Å². The van der Waals surface area contributed by atoms with Gasteiger partial charge in [0.05, 0.1) is 48.6 Å². The highest BCUT2D eigenvalue weighted by Crippen LogP contribution is 2.46. The zero-order valence-electron chi connectivity index (χ0n) is 23.9. The van der Waals surface area contributed by atoms with Crippen LogP contribution in [0.5, 0.6) is 11.5 Å². The third kappa shape index (κ3) is 6.49. The fraction of sp³-hybridized carbons (Fsp3) is 0.448. The quantitative estimate of drug-likeness (QED) is 0.299. The van der Waals surface area contributed by atoms with E-state index >= 15 is 0 Å². The van der Waals surface area contributed by atoms with Crippen LogP contribution in [0, 0.1) is 0 Å². The molecule has 0 aliphatic carbocycles. The van der Waals surface area contributed by atoms with Crippen molar-refractivity contribution < 1.29 is 19.0 Å². The Hall–Kier alpha value is -3.38. The van der Waals surface area contributed by atoms with Crippen molar-refractivity contribution in [3.63, 3.8) is 0 Å². The summed E-state index contributed by atoms with van der Waals surface area (Å²) in [6, 6.07) is 3.32. The third-order valence-electron chi connectivity index (χ3n) is 7.64. The lowest BCUT2D eigenvalue weighted by molar-refractivity contribution is -0.117. The van der Waals surface area contributed by atoms with E-state index in [-0.39, 0.29) is 24.0 Å². The van der Waals surface area contributed by atoms with Gasteiger partial charge in [-0.15, -0.1) is 0 Å². The maximum absolute atomic E-state index is 12.0. The Balaban J connectivity index is 1.56. The van der Waals surface area contributed by atoms with Gasteiger partial charge in [0.15, 0.2) is 5.82 Å². The summed E-state index contributed by atoms with van der Waals surface area (Å²) >= 11 is 13.5. The van der Waals surface area contributed by atoms with Crippen molar-refractivity contribution in [1.29, 1.82) is 0 Å². The van der Waals surface area contributed by atoms with Gasteiger partial charge in [0, 0.05) is 35.9 Å². The first-order valence-electron chi connectivity index (χ1n) is 13.8. The van der Waals surface area contributed by atoms with Gasteiger partial charge in [0.25, 0.3) is 0 Å². The first kappa shape index (κ1) is 30.1. The fourth-order valence-corrected chi connectivity index (χ4v) is 5.95. The average Bonchev–Trinajstić information content (AvgIpc) is 2.99. The summed E-state index contributed by atoms with van der Waals surface area (Å²) < 4.78 is 16.7. The van der Waals surface area contributed by atoms with Crippen molar-refractivity contribution in [1.82, 2.24) is 25.2 Å². The number of carbonyl (C=O) groups is 1. The van der Waals surface area contributed by atoms with Crippen molar-refractivity contribution in [2.45, 2.75) is 37.4 Å². The van der Waals surface area contributed by atoms with Crippen LogP contribution in [0.2, 0.25) is 10.0 Å². The summed E-state index contributed by atoms with van der Waals surface area (Å²) in [5.41, 5.74) is 1.66. The molecule has 42 heavy (non-hydrogen) atoms. The minimum atomic E-state index is -0.235. The van der Waals surface area contributed by atoms with E-state index in [2.05, 4.69) is 39.5 Å². The summed E-state index contributed by atoms with van der Waals surface area (Å²) in [5.74, 6) is 1.59. The number of amides is 1. The summed E-state index contributed by atoms with van der Waals surface area (Å²) in [5, 5.41) is 11.3. The predicted molar refractivity (Wildman–Crippen MR) is 165 cm³/mol.